The second-order valence-corrected chi connectivity index (χ2v) is 13.1. The maximum Gasteiger partial charge on any atom is 0.267 e. The third-order valence-electron chi connectivity index (χ3n) is 8.91. The molecule has 3 fully saturated rings. The van der Waals surface area contributed by atoms with Crippen molar-refractivity contribution in [2.45, 2.75) is 62.6 Å². The van der Waals surface area contributed by atoms with Crippen molar-refractivity contribution in [3.05, 3.63) is 68.5 Å². The van der Waals surface area contributed by atoms with Crippen LogP contribution in [0.25, 0.3) is 21.3 Å². The van der Waals surface area contributed by atoms with Gasteiger partial charge in [-0.15, -0.1) is 11.3 Å². The van der Waals surface area contributed by atoms with Crippen LogP contribution >= 0.6 is 22.9 Å². The Kier molecular flexibility index (Phi) is 5.59. The van der Waals surface area contributed by atoms with Crippen LogP contribution in [0.1, 0.15) is 54.9 Å². The molecule has 1 unspecified atom stereocenters. The van der Waals surface area contributed by atoms with Gasteiger partial charge < -0.3 is 15.0 Å². The number of thiophene rings is 1. The number of halogens is 1. The van der Waals surface area contributed by atoms with Gasteiger partial charge in [0.15, 0.2) is 6.61 Å². The van der Waals surface area contributed by atoms with Gasteiger partial charge in [0.25, 0.3) is 11.5 Å². The van der Waals surface area contributed by atoms with Gasteiger partial charge in [-0.05, 0) is 68.2 Å². The summed E-state index contributed by atoms with van der Waals surface area (Å²) >= 11 is 8.21. The molecule has 8 rings (SSSR count). The molecule has 3 aromatic heterocycles. The number of aromatic nitrogens is 3. The SMILES string of the molecule is O=C1COc2cc(Cl)cc(-c3ccnc4cc(Cn5ncc(C6CC6)cc5=O)sc34)c2N1C1CNC2(CCC2)C1. The van der Waals surface area contributed by atoms with Crippen molar-refractivity contribution < 1.29 is 9.53 Å². The number of pyridine rings is 1. The fourth-order valence-electron chi connectivity index (χ4n) is 6.59. The Morgan fingerprint density at radius 1 is 1.15 bits per heavy atom. The number of nitrogens with zero attached hydrogens (tertiary/aromatic N) is 4. The van der Waals surface area contributed by atoms with E-state index in [4.69, 9.17) is 16.3 Å². The summed E-state index contributed by atoms with van der Waals surface area (Å²) in [6, 6.07) is 9.50. The fourth-order valence-corrected chi connectivity index (χ4v) is 7.92. The molecule has 1 atom stereocenters. The zero-order chi connectivity index (χ0) is 27.0. The molecule has 5 heterocycles. The van der Waals surface area contributed by atoms with Crippen LogP contribution in [0.15, 0.2) is 47.5 Å². The number of anilines is 1. The van der Waals surface area contributed by atoms with E-state index >= 15 is 0 Å². The Labute approximate surface area is 239 Å². The maximum atomic E-state index is 13.4. The molecule has 40 heavy (non-hydrogen) atoms. The number of nitrogens with one attached hydrogen (secondary N) is 1. The molecule has 4 aromatic rings. The minimum absolute atomic E-state index is 0.00643. The van der Waals surface area contributed by atoms with Gasteiger partial charge in [0.1, 0.15) is 5.75 Å². The molecule has 1 saturated heterocycles. The summed E-state index contributed by atoms with van der Waals surface area (Å²) < 4.78 is 8.43. The number of carbonyl (C=O) groups excluding carboxylic acids is 1. The van der Waals surface area contributed by atoms with E-state index in [0.29, 0.717) is 23.2 Å². The summed E-state index contributed by atoms with van der Waals surface area (Å²) in [4.78, 5) is 33.7. The van der Waals surface area contributed by atoms with Gasteiger partial charge in [-0.2, -0.15) is 5.10 Å². The molecule has 1 amide bonds. The number of carbonyl (C=O) groups is 1. The Balaban J connectivity index is 1.20. The van der Waals surface area contributed by atoms with E-state index in [-0.39, 0.29) is 29.7 Å². The van der Waals surface area contributed by atoms with E-state index in [2.05, 4.69) is 15.4 Å². The Morgan fingerprint density at radius 2 is 2.02 bits per heavy atom. The van der Waals surface area contributed by atoms with Gasteiger partial charge in [0.05, 0.1) is 34.7 Å². The first-order chi connectivity index (χ1) is 19.5. The predicted octanol–water partition coefficient (Wildman–Crippen LogP) is 5.11. The second kappa shape index (κ2) is 9.12. The van der Waals surface area contributed by atoms with E-state index in [1.165, 1.54) is 11.1 Å². The topological polar surface area (TPSA) is 89.3 Å². The van der Waals surface area contributed by atoms with Gasteiger partial charge in [-0.3, -0.25) is 14.6 Å². The molecule has 10 heteroatoms. The summed E-state index contributed by atoms with van der Waals surface area (Å²) in [5.74, 6) is 1.09. The fraction of sp³-hybridized carbons (Fsp3) is 0.400. The Morgan fingerprint density at radius 3 is 2.77 bits per heavy atom. The van der Waals surface area contributed by atoms with Gasteiger partial charge in [-0.25, -0.2) is 4.68 Å². The van der Waals surface area contributed by atoms with E-state index in [0.717, 1.165) is 76.1 Å². The van der Waals surface area contributed by atoms with Crippen LogP contribution < -0.4 is 20.5 Å². The van der Waals surface area contributed by atoms with Crippen molar-refractivity contribution in [2.24, 2.45) is 0 Å². The smallest absolute Gasteiger partial charge is 0.267 e. The molecule has 1 N–H and O–H groups in total. The summed E-state index contributed by atoms with van der Waals surface area (Å²) in [7, 11) is 0. The molecule has 0 bridgehead atoms. The van der Waals surface area contributed by atoms with Gasteiger partial charge >= 0.3 is 0 Å². The lowest BCUT2D eigenvalue weighted by atomic mass is 9.75. The van der Waals surface area contributed by atoms with Crippen LogP contribution in [0.2, 0.25) is 5.02 Å². The summed E-state index contributed by atoms with van der Waals surface area (Å²) in [5, 5.41) is 8.71. The average molecular weight is 574 g/mol. The molecule has 1 spiro atoms. The Hall–Kier alpha value is -3.27. The third kappa shape index (κ3) is 4.05. The summed E-state index contributed by atoms with van der Waals surface area (Å²) in [6.07, 6.45) is 10.4. The lowest BCUT2D eigenvalue weighted by molar-refractivity contribution is -0.121. The summed E-state index contributed by atoms with van der Waals surface area (Å²) in [5.41, 5.74) is 4.52. The van der Waals surface area contributed by atoms with Gasteiger partial charge in [-0.1, -0.05) is 11.6 Å². The first-order valence-electron chi connectivity index (χ1n) is 13.9. The Bertz CT molecular complexity index is 1740. The van der Waals surface area contributed by atoms with Crippen LogP contribution in [0, 0.1) is 0 Å². The van der Waals surface area contributed by atoms with Crippen LogP contribution in [0.3, 0.4) is 0 Å². The highest BCUT2D eigenvalue weighted by atomic mass is 35.5. The van der Waals surface area contributed by atoms with E-state index in [1.54, 1.807) is 23.6 Å². The van der Waals surface area contributed by atoms with Crippen molar-refractivity contribution in [2.75, 3.05) is 18.1 Å². The van der Waals surface area contributed by atoms with Crippen molar-refractivity contribution in [1.29, 1.82) is 0 Å². The van der Waals surface area contributed by atoms with Gasteiger partial charge in [0.2, 0.25) is 0 Å². The zero-order valence-electron chi connectivity index (χ0n) is 21.9. The average Bonchev–Trinajstić information content (AvgIpc) is 3.53. The quantitative estimate of drug-likeness (QED) is 0.357. The monoisotopic (exact) mass is 573 g/mol. The number of rotatable bonds is 5. The highest BCUT2D eigenvalue weighted by Gasteiger charge is 2.47. The highest BCUT2D eigenvalue weighted by Crippen LogP contribution is 2.49. The number of ether oxygens (including phenoxy) is 1. The van der Waals surface area contributed by atoms with Gasteiger partial charge in [0, 0.05) is 51.4 Å². The molecular formula is C30H28ClN5O3S. The van der Waals surface area contributed by atoms with E-state index in [9.17, 15) is 9.59 Å². The number of hydrogen-bond donors (Lipinski definition) is 1. The largest absolute Gasteiger partial charge is 0.481 e. The maximum absolute atomic E-state index is 13.4. The van der Waals surface area contributed by atoms with Crippen molar-refractivity contribution >= 4 is 44.7 Å². The summed E-state index contributed by atoms with van der Waals surface area (Å²) in [6.45, 7) is 1.15. The standard InChI is InChI=1S/C30H28ClN5O3S/c31-19-9-23(28-25(10-19)39-16-27(38)36(28)20-12-30(33-14-20)5-1-6-30)22-4-7-32-24-11-21(40-29(22)24)15-35-26(37)8-18(13-34-35)17-2-3-17/h4,7-11,13,17,20,33H,1-3,5-6,12,14-16H2. The number of benzene rings is 1. The minimum Gasteiger partial charge on any atom is -0.481 e. The molecule has 0 radical (unpaired) electrons. The minimum atomic E-state index is -0.0836. The molecule has 2 aliphatic carbocycles. The first-order valence-corrected chi connectivity index (χ1v) is 15.1. The molecule has 8 nitrogen and oxygen atoms in total. The lowest BCUT2D eigenvalue weighted by Crippen LogP contribution is -2.47. The molecular weight excluding hydrogens is 546 g/mol. The molecule has 2 saturated carbocycles. The van der Waals surface area contributed by atoms with Crippen molar-refractivity contribution in [1.82, 2.24) is 20.1 Å². The second-order valence-electron chi connectivity index (χ2n) is 11.6. The zero-order valence-corrected chi connectivity index (χ0v) is 23.4. The van der Waals surface area contributed by atoms with Crippen LogP contribution in [-0.4, -0.2) is 45.4 Å². The first kappa shape index (κ1) is 24.5. The lowest BCUT2D eigenvalue weighted by Gasteiger charge is -2.40. The van der Waals surface area contributed by atoms with E-state index in [1.807, 2.05) is 35.4 Å². The van der Waals surface area contributed by atoms with E-state index < -0.39 is 0 Å². The molecule has 2 aliphatic heterocycles. The normalized spacial score (nSPS) is 21.5. The molecule has 4 aliphatic rings. The molecule has 1 aromatic carbocycles. The molecule has 204 valence electrons. The number of amides is 1. The van der Waals surface area contributed by atoms with Crippen LogP contribution in [-0.2, 0) is 11.3 Å². The van der Waals surface area contributed by atoms with Crippen LogP contribution in [0.5, 0.6) is 5.75 Å². The highest BCUT2D eigenvalue weighted by molar-refractivity contribution is 7.19. The van der Waals surface area contributed by atoms with Crippen molar-refractivity contribution in [3.63, 3.8) is 0 Å². The predicted molar refractivity (Wildman–Crippen MR) is 156 cm³/mol. The van der Waals surface area contributed by atoms with Crippen molar-refractivity contribution in [3.8, 4) is 16.9 Å². The van der Waals surface area contributed by atoms with Crippen LogP contribution in [0.4, 0.5) is 5.69 Å². The number of fused-ring (bicyclic) bond motifs is 2. The number of hydrogen-bond acceptors (Lipinski definition) is 7. The third-order valence-corrected chi connectivity index (χ3v) is 10.3.